The van der Waals surface area contributed by atoms with E-state index < -0.39 is 5.54 Å². The molecule has 0 bridgehead atoms. The summed E-state index contributed by atoms with van der Waals surface area (Å²) in [7, 11) is 0. The topological polar surface area (TPSA) is 75.4 Å². The van der Waals surface area contributed by atoms with Crippen LogP contribution in [0.5, 0.6) is 0 Å². The third-order valence-electron chi connectivity index (χ3n) is 3.52. The fourth-order valence-corrected chi connectivity index (χ4v) is 2.85. The number of rotatable bonds is 3. The van der Waals surface area contributed by atoms with E-state index in [2.05, 4.69) is 21.2 Å². The van der Waals surface area contributed by atoms with Crippen molar-refractivity contribution in [3.05, 3.63) is 28.2 Å². The van der Waals surface area contributed by atoms with Crippen LogP contribution in [0.4, 0.5) is 5.69 Å². The zero-order valence-electron chi connectivity index (χ0n) is 10.1. The Labute approximate surface area is 115 Å². The fraction of sp³-hybridized carbons (Fsp3) is 0.462. The van der Waals surface area contributed by atoms with E-state index >= 15 is 0 Å². The summed E-state index contributed by atoms with van der Waals surface area (Å²) in [6.45, 7) is -0.0152. The molecule has 0 saturated heterocycles. The lowest BCUT2D eigenvalue weighted by molar-refractivity contribution is 0.0838. The number of amides is 1. The van der Waals surface area contributed by atoms with Gasteiger partial charge in [0.15, 0.2) is 0 Å². The van der Waals surface area contributed by atoms with Gasteiger partial charge in [0.05, 0.1) is 22.2 Å². The van der Waals surface area contributed by atoms with Gasteiger partial charge in [-0.05, 0) is 40.9 Å². The molecule has 1 saturated carbocycles. The Morgan fingerprint density at radius 3 is 2.72 bits per heavy atom. The van der Waals surface area contributed by atoms with Crippen LogP contribution >= 0.6 is 15.9 Å². The minimum absolute atomic E-state index is 0.0152. The molecule has 1 aliphatic rings. The molecule has 0 aliphatic heterocycles. The van der Waals surface area contributed by atoms with Crippen molar-refractivity contribution in [1.29, 1.82) is 0 Å². The van der Waals surface area contributed by atoms with Gasteiger partial charge in [-0.3, -0.25) is 4.79 Å². The number of aliphatic hydroxyl groups excluding tert-OH is 1. The molecule has 4 N–H and O–H groups in total. The number of nitrogen functional groups attached to an aromatic ring is 1. The van der Waals surface area contributed by atoms with Crippen LogP contribution in [0, 0.1) is 0 Å². The van der Waals surface area contributed by atoms with Gasteiger partial charge in [-0.15, -0.1) is 0 Å². The Kier molecular flexibility index (Phi) is 3.92. The Morgan fingerprint density at radius 2 is 2.11 bits per heavy atom. The highest BCUT2D eigenvalue weighted by Crippen LogP contribution is 2.30. The first kappa shape index (κ1) is 13.4. The van der Waals surface area contributed by atoms with E-state index in [0.717, 1.165) is 25.7 Å². The van der Waals surface area contributed by atoms with Crippen LogP contribution in [0.25, 0.3) is 0 Å². The largest absolute Gasteiger partial charge is 0.398 e. The van der Waals surface area contributed by atoms with Crippen molar-refractivity contribution in [1.82, 2.24) is 5.32 Å². The molecule has 18 heavy (non-hydrogen) atoms. The van der Waals surface area contributed by atoms with Crippen molar-refractivity contribution in [3.8, 4) is 0 Å². The highest BCUT2D eigenvalue weighted by atomic mass is 79.9. The van der Waals surface area contributed by atoms with Gasteiger partial charge in [-0.25, -0.2) is 0 Å². The van der Waals surface area contributed by atoms with Crippen LogP contribution in [0.2, 0.25) is 0 Å². The molecule has 2 rings (SSSR count). The monoisotopic (exact) mass is 312 g/mol. The quantitative estimate of drug-likeness (QED) is 0.748. The number of hydrogen-bond donors (Lipinski definition) is 3. The molecule has 5 heteroatoms. The maximum atomic E-state index is 12.2. The summed E-state index contributed by atoms with van der Waals surface area (Å²) in [4.78, 5) is 12.2. The normalized spacial score (nSPS) is 17.7. The number of aliphatic hydroxyl groups is 1. The molecule has 0 aromatic heterocycles. The number of nitrogens with one attached hydrogen (secondary N) is 1. The van der Waals surface area contributed by atoms with E-state index in [1.807, 2.05) is 0 Å². The summed E-state index contributed by atoms with van der Waals surface area (Å²) in [5.74, 6) is -0.190. The molecule has 1 amide bonds. The van der Waals surface area contributed by atoms with E-state index in [4.69, 9.17) is 5.73 Å². The lowest BCUT2D eigenvalue weighted by atomic mass is 9.98. The Bertz CT molecular complexity index is 456. The van der Waals surface area contributed by atoms with Gasteiger partial charge < -0.3 is 16.2 Å². The molecular formula is C13H17BrN2O2. The summed E-state index contributed by atoms with van der Waals surface area (Å²) in [6, 6.07) is 5.20. The smallest absolute Gasteiger partial charge is 0.253 e. The molecule has 1 aliphatic carbocycles. The average molecular weight is 313 g/mol. The van der Waals surface area contributed by atoms with Crippen LogP contribution in [-0.4, -0.2) is 23.2 Å². The van der Waals surface area contributed by atoms with Gasteiger partial charge in [0.25, 0.3) is 5.91 Å². The molecule has 1 fully saturated rings. The first-order valence-corrected chi connectivity index (χ1v) is 6.85. The van der Waals surface area contributed by atoms with E-state index in [-0.39, 0.29) is 12.5 Å². The fourth-order valence-electron chi connectivity index (χ4n) is 2.41. The molecule has 0 spiro atoms. The van der Waals surface area contributed by atoms with Gasteiger partial charge in [-0.1, -0.05) is 18.9 Å². The zero-order valence-corrected chi connectivity index (χ0v) is 11.7. The number of carbonyl (C=O) groups excluding carboxylic acids is 1. The Hall–Kier alpha value is -1.07. The molecule has 0 heterocycles. The van der Waals surface area contributed by atoms with Gasteiger partial charge in [0.1, 0.15) is 0 Å². The molecule has 1 aromatic carbocycles. The molecule has 4 nitrogen and oxygen atoms in total. The van der Waals surface area contributed by atoms with E-state index in [1.165, 1.54) is 0 Å². The SMILES string of the molecule is Nc1cccc(C(=O)NC2(CO)CCCC2)c1Br. The highest BCUT2D eigenvalue weighted by molar-refractivity contribution is 9.10. The number of nitrogens with two attached hydrogens (primary N) is 1. The first-order chi connectivity index (χ1) is 8.58. The van der Waals surface area contributed by atoms with Gasteiger partial charge in [-0.2, -0.15) is 0 Å². The summed E-state index contributed by atoms with van der Waals surface area (Å²) in [6.07, 6.45) is 3.74. The van der Waals surface area contributed by atoms with Crippen LogP contribution in [0.1, 0.15) is 36.0 Å². The molecule has 98 valence electrons. The minimum atomic E-state index is -0.457. The number of benzene rings is 1. The summed E-state index contributed by atoms with van der Waals surface area (Å²) >= 11 is 3.32. The van der Waals surface area contributed by atoms with E-state index in [9.17, 15) is 9.90 Å². The third kappa shape index (κ3) is 2.52. The molecule has 0 unspecified atom stereocenters. The maximum absolute atomic E-state index is 12.2. The van der Waals surface area contributed by atoms with Crippen LogP contribution < -0.4 is 11.1 Å². The molecular weight excluding hydrogens is 296 g/mol. The zero-order chi connectivity index (χ0) is 13.2. The predicted molar refractivity (Wildman–Crippen MR) is 74.3 cm³/mol. The summed E-state index contributed by atoms with van der Waals surface area (Å²) < 4.78 is 0.605. The van der Waals surface area contributed by atoms with Crippen LogP contribution in [0.3, 0.4) is 0 Å². The molecule has 0 radical (unpaired) electrons. The number of anilines is 1. The molecule has 0 atom stereocenters. The average Bonchev–Trinajstić information content (AvgIpc) is 2.81. The molecule has 1 aromatic rings. The third-order valence-corrected chi connectivity index (χ3v) is 4.40. The van der Waals surface area contributed by atoms with Crippen molar-refractivity contribution in [3.63, 3.8) is 0 Å². The second-order valence-corrected chi connectivity index (χ2v) is 5.60. The summed E-state index contributed by atoms with van der Waals surface area (Å²) in [5, 5.41) is 12.4. The summed E-state index contributed by atoms with van der Waals surface area (Å²) in [5.41, 5.74) is 6.34. The standard InChI is InChI=1S/C13H17BrN2O2/c14-11-9(4-3-5-10(11)15)12(18)16-13(8-17)6-1-2-7-13/h3-5,17H,1-2,6-8,15H2,(H,16,18). The minimum Gasteiger partial charge on any atom is -0.398 e. The van der Waals surface area contributed by atoms with Crippen molar-refractivity contribution in [2.45, 2.75) is 31.2 Å². The van der Waals surface area contributed by atoms with E-state index in [0.29, 0.717) is 15.7 Å². The van der Waals surface area contributed by atoms with Crippen molar-refractivity contribution < 1.29 is 9.90 Å². The van der Waals surface area contributed by atoms with Gasteiger partial charge in [0, 0.05) is 5.69 Å². The number of carbonyl (C=O) groups is 1. The number of hydrogen-bond acceptors (Lipinski definition) is 3. The van der Waals surface area contributed by atoms with Gasteiger partial charge >= 0.3 is 0 Å². The lowest BCUT2D eigenvalue weighted by Gasteiger charge is -2.28. The van der Waals surface area contributed by atoms with Crippen molar-refractivity contribution >= 4 is 27.5 Å². The second-order valence-electron chi connectivity index (χ2n) is 4.81. The first-order valence-electron chi connectivity index (χ1n) is 6.05. The lowest BCUT2D eigenvalue weighted by Crippen LogP contribution is -2.49. The second kappa shape index (κ2) is 5.28. The van der Waals surface area contributed by atoms with E-state index in [1.54, 1.807) is 18.2 Å². The predicted octanol–water partition coefficient (Wildman–Crippen LogP) is 2.07. The Morgan fingerprint density at radius 1 is 1.44 bits per heavy atom. The van der Waals surface area contributed by atoms with Crippen LogP contribution in [-0.2, 0) is 0 Å². The van der Waals surface area contributed by atoms with Crippen LogP contribution in [0.15, 0.2) is 22.7 Å². The highest BCUT2D eigenvalue weighted by Gasteiger charge is 2.35. The van der Waals surface area contributed by atoms with Crippen molar-refractivity contribution in [2.24, 2.45) is 0 Å². The number of halogens is 1. The van der Waals surface area contributed by atoms with Crippen molar-refractivity contribution in [2.75, 3.05) is 12.3 Å². The van der Waals surface area contributed by atoms with Gasteiger partial charge in [0.2, 0.25) is 0 Å². The Balaban J connectivity index is 2.19. The maximum Gasteiger partial charge on any atom is 0.253 e.